The third kappa shape index (κ3) is 4.25. The van der Waals surface area contributed by atoms with Gasteiger partial charge in [-0.2, -0.15) is 14.6 Å². The normalized spacial score (nSPS) is 14.0. The van der Waals surface area contributed by atoms with Crippen LogP contribution in [0.25, 0.3) is 17.1 Å². The van der Waals surface area contributed by atoms with E-state index in [9.17, 15) is 9.59 Å². The Balaban J connectivity index is 1.15. The molecule has 11 heteroatoms. The van der Waals surface area contributed by atoms with E-state index in [4.69, 9.17) is 4.52 Å². The Bertz CT molecular complexity index is 1290. The Kier molecular flexibility index (Phi) is 5.43. The molecule has 3 aromatic heterocycles. The molecule has 2 amide bonds. The van der Waals surface area contributed by atoms with Crippen molar-refractivity contribution in [3.05, 3.63) is 60.2 Å². The fourth-order valence-electron chi connectivity index (χ4n) is 3.80. The van der Waals surface area contributed by atoms with Crippen LogP contribution in [0.3, 0.4) is 0 Å². The van der Waals surface area contributed by atoms with Crippen LogP contribution in [-0.4, -0.2) is 74.2 Å². The topological polar surface area (TPSA) is 122 Å². The minimum absolute atomic E-state index is 0.103. The molecule has 4 aromatic rings. The summed E-state index contributed by atoms with van der Waals surface area (Å²) in [6, 6.07) is 12.9. The van der Waals surface area contributed by atoms with Crippen LogP contribution in [0.15, 0.2) is 53.3 Å². The lowest BCUT2D eigenvalue weighted by molar-refractivity contribution is -0.130. The summed E-state index contributed by atoms with van der Waals surface area (Å²) in [5.41, 5.74) is 1.82. The van der Waals surface area contributed by atoms with Gasteiger partial charge in [0.25, 0.3) is 11.7 Å². The van der Waals surface area contributed by atoms with Gasteiger partial charge in [0.2, 0.25) is 5.91 Å². The summed E-state index contributed by atoms with van der Waals surface area (Å²) >= 11 is 0. The maximum Gasteiger partial charge on any atom is 0.273 e. The largest absolute Gasteiger partial charge is 0.355 e. The van der Waals surface area contributed by atoms with Gasteiger partial charge in [-0.15, -0.1) is 0 Å². The highest BCUT2D eigenvalue weighted by Gasteiger charge is 2.24. The molecule has 1 N–H and O–H groups in total. The number of aromatic nitrogens is 5. The van der Waals surface area contributed by atoms with Crippen molar-refractivity contribution in [3.63, 3.8) is 0 Å². The monoisotopic (exact) mass is 446 g/mol. The maximum atomic E-state index is 12.6. The second kappa shape index (κ2) is 8.69. The molecule has 1 fully saturated rings. The van der Waals surface area contributed by atoms with Crippen LogP contribution in [0.5, 0.6) is 0 Å². The van der Waals surface area contributed by atoms with Crippen molar-refractivity contribution >= 4 is 23.4 Å². The van der Waals surface area contributed by atoms with Gasteiger partial charge >= 0.3 is 0 Å². The predicted octanol–water partition coefficient (Wildman–Crippen LogP) is 1.17. The molecule has 1 aliphatic heterocycles. The second-order valence-electron chi connectivity index (χ2n) is 7.72. The molecule has 1 saturated heterocycles. The predicted molar refractivity (Wildman–Crippen MR) is 119 cm³/mol. The van der Waals surface area contributed by atoms with Crippen LogP contribution in [0.2, 0.25) is 0 Å². The van der Waals surface area contributed by atoms with Crippen LogP contribution in [-0.2, 0) is 4.79 Å². The van der Waals surface area contributed by atoms with E-state index in [2.05, 4.69) is 30.4 Å². The molecule has 0 unspecified atom stereocenters. The maximum absolute atomic E-state index is 12.6. The fraction of sp³-hybridized carbons (Fsp3) is 0.273. The molecule has 1 aliphatic rings. The fourth-order valence-corrected chi connectivity index (χ4v) is 3.80. The van der Waals surface area contributed by atoms with Gasteiger partial charge in [0, 0.05) is 49.6 Å². The standard InChI is InChI=1S/C22H22N8O3/c1-15-11-19(30-22(26-15)24-14-25-30)28-7-9-29(10-8-28)20(31)13-23-21(32)17-12-18(33-27-17)16-5-3-2-4-6-16/h2-6,11-12,14H,7-10,13H2,1H3,(H,23,32). The number of piperazine rings is 1. The van der Waals surface area contributed by atoms with Crippen molar-refractivity contribution in [1.29, 1.82) is 0 Å². The number of anilines is 1. The first-order chi connectivity index (χ1) is 16.1. The molecule has 0 radical (unpaired) electrons. The van der Waals surface area contributed by atoms with Crippen LogP contribution < -0.4 is 10.2 Å². The molecule has 0 aliphatic carbocycles. The third-order valence-electron chi connectivity index (χ3n) is 5.52. The van der Waals surface area contributed by atoms with E-state index in [1.54, 1.807) is 15.5 Å². The van der Waals surface area contributed by atoms with Crippen molar-refractivity contribution in [2.75, 3.05) is 37.6 Å². The second-order valence-corrected chi connectivity index (χ2v) is 7.72. The zero-order valence-electron chi connectivity index (χ0n) is 18.0. The van der Waals surface area contributed by atoms with E-state index < -0.39 is 5.91 Å². The molecule has 0 bridgehead atoms. The minimum Gasteiger partial charge on any atom is -0.355 e. The Labute approximate surface area is 189 Å². The van der Waals surface area contributed by atoms with Crippen LogP contribution in [0.4, 0.5) is 5.82 Å². The quantitative estimate of drug-likeness (QED) is 0.485. The number of nitrogens with zero attached hydrogens (tertiary/aromatic N) is 7. The van der Waals surface area contributed by atoms with Gasteiger partial charge in [-0.05, 0) is 6.92 Å². The first-order valence-electron chi connectivity index (χ1n) is 10.6. The Hall–Kier alpha value is -4.28. The highest BCUT2D eigenvalue weighted by atomic mass is 16.5. The average molecular weight is 446 g/mol. The van der Waals surface area contributed by atoms with E-state index in [1.807, 2.05) is 43.3 Å². The number of benzene rings is 1. The number of fused-ring (bicyclic) bond motifs is 1. The minimum atomic E-state index is -0.450. The zero-order chi connectivity index (χ0) is 22.8. The number of hydrogen-bond acceptors (Lipinski definition) is 8. The summed E-state index contributed by atoms with van der Waals surface area (Å²) < 4.78 is 6.95. The molecule has 4 heterocycles. The van der Waals surface area contributed by atoms with Crippen LogP contribution in [0, 0.1) is 6.92 Å². The Morgan fingerprint density at radius 1 is 1.09 bits per heavy atom. The highest BCUT2D eigenvalue weighted by molar-refractivity contribution is 5.95. The number of carbonyl (C=O) groups is 2. The van der Waals surface area contributed by atoms with Crippen molar-refractivity contribution in [3.8, 4) is 11.3 Å². The summed E-state index contributed by atoms with van der Waals surface area (Å²) in [7, 11) is 0. The molecule has 0 spiro atoms. The summed E-state index contributed by atoms with van der Waals surface area (Å²) in [6.07, 6.45) is 1.48. The van der Waals surface area contributed by atoms with Crippen molar-refractivity contribution in [1.82, 2.24) is 35.0 Å². The smallest absolute Gasteiger partial charge is 0.273 e. The first kappa shape index (κ1) is 20.6. The number of rotatable bonds is 5. The summed E-state index contributed by atoms with van der Waals surface area (Å²) in [6.45, 7) is 4.17. The van der Waals surface area contributed by atoms with Crippen molar-refractivity contribution < 1.29 is 14.1 Å². The molecule has 11 nitrogen and oxygen atoms in total. The number of amides is 2. The Morgan fingerprint density at radius 2 is 1.88 bits per heavy atom. The summed E-state index contributed by atoms with van der Waals surface area (Å²) in [4.78, 5) is 37.5. The molecule has 0 saturated carbocycles. The third-order valence-corrected chi connectivity index (χ3v) is 5.52. The molecule has 0 atom stereocenters. The molecular weight excluding hydrogens is 424 g/mol. The lowest BCUT2D eigenvalue weighted by atomic mass is 10.1. The van der Waals surface area contributed by atoms with E-state index in [1.165, 1.54) is 6.33 Å². The van der Waals surface area contributed by atoms with Crippen LogP contribution >= 0.6 is 0 Å². The highest BCUT2D eigenvalue weighted by Crippen LogP contribution is 2.20. The van der Waals surface area contributed by atoms with E-state index in [-0.39, 0.29) is 18.1 Å². The van der Waals surface area contributed by atoms with Gasteiger partial charge in [-0.25, -0.2) is 4.98 Å². The van der Waals surface area contributed by atoms with E-state index in [0.29, 0.717) is 37.7 Å². The van der Waals surface area contributed by atoms with Gasteiger partial charge < -0.3 is 19.6 Å². The number of aryl methyl sites for hydroxylation is 1. The molecule has 1 aromatic carbocycles. The van der Waals surface area contributed by atoms with Gasteiger partial charge in [-0.1, -0.05) is 35.5 Å². The van der Waals surface area contributed by atoms with Crippen molar-refractivity contribution in [2.45, 2.75) is 6.92 Å². The first-order valence-corrected chi connectivity index (χ1v) is 10.6. The molecule has 168 valence electrons. The number of nitrogens with one attached hydrogen (secondary N) is 1. The van der Waals surface area contributed by atoms with E-state index in [0.717, 1.165) is 17.1 Å². The van der Waals surface area contributed by atoms with Gasteiger partial charge in [0.05, 0.1) is 6.54 Å². The lowest BCUT2D eigenvalue weighted by Crippen LogP contribution is -2.51. The van der Waals surface area contributed by atoms with Crippen LogP contribution in [0.1, 0.15) is 16.2 Å². The molecular formula is C22H22N8O3. The number of carbonyl (C=O) groups excluding carboxylic acids is 2. The SMILES string of the molecule is Cc1cc(N2CCN(C(=O)CNC(=O)c3cc(-c4ccccc4)on3)CC2)n2ncnc2n1. The van der Waals surface area contributed by atoms with Gasteiger partial charge in [-0.3, -0.25) is 9.59 Å². The number of hydrogen-bond donors (Lipinski definition) is 1. The van der Waals surface area contributed by atoms with Crippen molar-refractivity contribution in [2.24, 2.45) is 0 Å². The molecule has 5 rings (SSSR count). The van der Waals surface area contributed by atoms with Gasteiger partial charge in [0.1, 0.15) is 12.1 Å². The molecule has 33 heavy (non-hydrogen) atoms. The van der Waals surface area contributed by atoms with Gasteiger partial charge in [0.15, 0.2) is 11.5 Å². The lowest BCUT2D eigenvalue weighted by Gasteiger charge is -2.36. The summed E-state index contributed by atoms with van der Waals surface area (Å²) in [5.74, 6) is 1.35. The zero-order valence-corrected chi connectivity index (χ0v) is 18.0. The van der Waals surface area contributed by atoms with E-state index >= 15 is 0 Å². The average Bonchev–Trinajstić information content (AvgIpc) is 3.52. The Morgan fingerprint density at radius 3 is 2.67 bits per heavy atom. The summed E-state index contributed by atoms with van der Waals surface area (Å²) in [5, 5.41) is 10.7.